The molecule has 0 aliphatic heterocycles. The van der Waals surface area contributed by atoms with E-state index < -0.39 is 0 Å². The van der Waals surface area contributed by atoms with Gasteiger partial charge in [0.1, 0.15) is 5.75 Å². The van der Waals surface area contributed by atoms with Gasteiger partial charge < -0.3 is 10.1 Å². The summed E-state index contributed by atoms with van der Waals surface area (Å²) in [5, 5.41) is 3.56. The second-order valence-electron chi connectivity index (χ2n) is 6.10. The first-order valence-corrected chi connectivity index (χ1v) is 8.08. The van der Waals surface area contributed by atoms with Crippen LogP contribution in [0.1, 0.15) is 62.1 Å². The molecule has 1 aliphatic carbocycles. The van der Waals surface area contributed by atoms with E-state index in [-0.39, 0.29) is 0 Å². The Labute approximate surface area is 123 Å². The Morgan fingerprint density at radius 2 is 1.75 bits per heavy atom. The zero-order valence-corrected chi connectivity index (χ0v) is 13.2. The molecule has 1 aromatic carbocycles. The molecule has 1 N–H and O–H groups in total. The Morgan fingerprint density at radius 3 is 2.30 bits per heavy atom. The van der Waals surface area contributed by atoms with Gasteiger partial charge in [0.15, 0.2) is 0 Å². The molecule has 0 spiro atoms. The average molecular weight is 275 g/mol. The number of aryl methyl sites for hydroxylation is 1. The Morgan fingerprint density at radius 1 is 1.10 bits per heavy atom. The van der Waals surface area contributed by atoms with Gasteiger partial charge in [0.2, 0.25) is 0 Å². The minimum Gasteiger partial charge on any atom is -0.496 e. The number of rotatable bonds is 4. The first kappa shape index (κ1) is 15.4. The van der Waals surface area contributed by atoms with Crippen molar-refractivity contribution in [3.8, 4) is 5.75 Å². The smallest absolute Gasteiger partial charge is 0.121 e. The van der Waals surface area contributed by atoms with E-state index in [1.807, 2.05) is 0 Å². The van der Waals surface area contributed by atoms with Gasteiger partial charge in [0, 0.05) is 6.04 Å². The SMILES string of the molecule is CNC(c1ccc(OC)c(C)c1)C1CCCCCCC1. The zero-order chi connectivity index (χ0) is 14.4. The van der Waals surface area contributed by atoms with E-state index >= 15 is 0 Å². The van der Waals surface area contributed by atoms with E-state index in [2.05, 4.69) is 37.5 Å². The lowest BCUT2D eigenvalue weighted by Gasteiger charge is -2.29. The Kier molecular flexibility index (Phi) is 5.90. The summed E-state index contributed by atoms with van der Waals surface area (Å²) in [6, 6.07) is 7.11. The molecule has 1 aliphatic rings. The molecular formula is C18H29NO. The molecule has 1 fully saturated rings. The van der Waals surface area contributed by atoms with Gasteiger partial charge in [-0.3, -0.25) is 0 Å². The predicted molar refractivity (Wildman–Crippen MR) is 85.3 cm³/mol. The van der Waals surface area contributed by atoms with Crippen LogP contribution in [0.25, 0.3) is 0 Å². The molecule has 0 amide bonds. The lowest BCUT2D eigenvalue weighted by Crippen LogP contribution is -2.26. The number of hydrogen-bond acceptors (Lipinski definition) is 2. The standard InChI is InChI=1S/C18H29NO/c1-14-13-16(11-12-17(14)20-3)18(19-2)15-9-7-5-4-6-8-10-15/h11-13,15,18-19H,4-10H2,1-3H3. The first-order valence-electron chi connectivity index (χ1n) is 8.08. The predicted octanol–water partition coefficient (Wildman–Crippen LogP) is 4.62. The summed E-state index contributed by atoms with van der Waals surface area (Å²) in [4.78, 5) is 0. The summed E-state index contributed by atoms with van der Waals surface area (Å²) in [6.45, 7) is 2.13. The van der Waals surface area contributed by atoms with Crippen LogP contribution < -0.4 is 10.1 Å². The van der Waals surface area contributed by atoms with Crippen molar-refractivity contribution in [2.45, 2.75) is 57.9 Å². The summed E-state index contributed by atoms with van der Waals surface area (Å²) in [5.74, 6) is 1.76. The zero-order valence-electron chi connectivity index (χ0n) is 13.2. The molecule has 1 unspecified atom stereocenters. The van der Waals surface area contributed by atoms with Crippen molar-refractivity contribution < 1.29 is 4.74 Å². The van der Waals surface area contributed by atoms with Crippen LogP contribution >= 0.6 is 0 Å². The Hall–Kier alpha value is -1.02. The van der Waals surface area contributed by atoms with Crippen LogP contribution in [0.2, 0.25) is 0 Å². The molecule has 1 saturated carbocycles. The van der Waals surface area contributed by atoms with Crippen molar-refractivity contribution in [3.05, 3.63) is 29.3 Å². The van der Waals surface area contributed by atoms with Crippen molar-refractivity contribution in [1.29, 1.82) is 0 Å². The third-order valence-electron chi connectivity index (χ3n) is 4.71. The van der Waals surface area contributed by atoms with Gasteiger partial charge in [-0.05, 0) is 49.9 Å². The molecule has 1 atom stereocenters. The van der Waals surface area contributed by atoms with Gasteiger partial charge in [0.05, 0.1) is 7.11 Å². The van der Waals surface area contributed by atoms with Crippen LogP contribution in [0.5, 0.6) is 5.75 Å². The van der Waals surface area contributed by atoms with E-state index in [0.29, 0.717) is 6.04 Å². The first-order chi connectivity index (χ1) is 9.76. The quantitative estimate of drug-likeness (QED) is 0.865. The fraction of sp³-hybridized carbons (Fsp3) is 0.667. The van der Waals surface area contributed by atoms with Gasteiger partial charge in [0.25, 0.3) is 0 Å². The second kappa shape index (κ2) is 7.68. The summed E-state index contributed by atoms with van der Waals surface area (Å²) in [5.41, 5.74) is 2.65. The lowest BCUT2D eigenvalue weighted by molar-refractivity contribution is 0.299. The lowest BCUT2D eigenvalue weighted by atomic mass is 9.82. The average Bonchev–Trinajstić information content (AvgIpc) is 2.42. The van der Waals surface area contributed by atoms with Gasteiger partial charge in [-0.25, -0.2) is 0 Å². The summed E-state index contributed by atoms with van der Waals surface area (Å²) in [7, 11) is 3.84. The number of nitrogens with one attached hydrogen (secondary N) is 1. The van der Waals surface area contributed by atoms with E-state index in [1.54, 1.807) is 7.11 Å². The molecule has 2 nitrogen and oxygen atoms in total. The highest BCUT2D eigenvalue weighted by atomic mass is 16.5. The summed E-state index contributed by atoms with van der Waals surface area (Å²) < 4.78 is 5.37. The van der Waals surface area contributed by atoms with E-state index in [1.165, 1.54) is 56.1 Å². The Bertz CT molecular complexity index is 408. The molecule has 1 aromatic rings. The fourth-order valence-corrected chi connectivity index (χ4v) is 3.59. The normalized spacial score (nSPS) is 19.1. The molecule has 0 aromatic heterocycles. The van der Waals surface area contributed by atoms with Crippen LogP contribution in [-0.2, 0) is 0 Å². The van der Waals surface area contributed by atoms with Crippen molar-refractivity contribution in [3.63, 3.8) is 0 Å². The third kappa shape index (κ3) is 3.76. The highest BCUT2D eigenvalue weighted by molar-refractivity contribution is 5.37. The van der Waals surface area contributed by atoms with Crippen LogP contribution in [0, 0.1) is 12.8 Å². The van der Waals surface area contributed by atoms with E-state index in [9.17, 15) is 0 Å². The molecule has 2 rings (SSSR count). The molecule has 20 heavy (non-hydrogen) atoms. The van der Waals surface area contributed by atoms with Crippen molar-refractivity contribution in [1.82, 2.24) is 5.32 Å². The van der Waals surface area contributed by atoms with Gasteiger partial charge in [-0.2, -0.15) is 0 Å². The van der Waals surface area contributed by atoms with Gasteiger partial charge in [-0.1, -0.05) is 44.2 Å². The molecule has 0 bridgehead atoms. The topological polar surface area (TPSA) is 21.3 Å². The summed E-state index contributed by atoms with van der Waals surface area (Å²) in [6.07, 6.45) is 9.74. The number of ether oxygens (including phenoxy) is 1. The summed E-state index contributed by atoms with van der Waals surface area (Å²) >= 11 is 0. The van der Waals surface area contributed by atoms with E-state index in [0.717, 1.165) is 11.7 Å². The van der Waals surface area contributed by atoms with Crippen LogP contribution in [0.3, 0.4) is 0 Å². The minimum atomic E-state index is 0.484. The maximum atomic E-state index is 5.37. The molecule has 0 saturated heterocycles. The largest absolute Gasteiger partial charge is 0.496 e. The monoisotopic (exact) mass is 275 g/mol. The minimum absolute atomic E-state index is 0.484. The van der Waals surface area contributed by atoms with Gasteiger partial charge in [-0.15, -0.1) is 0 Å². The molecule has 112 valence electrons. The van der Waals surface area contributed by atoms with Crippen molar-refractivity contribution in [2.24, 2.45) is 5.92 Å². The van der Waals surface area contributed by atoms with Crippen LogP contribution in [0.4, 0.5) is 0 Å². The van der Waals surface area contributed by atoms with E-state index in [4.69, 9.17) is 4.74 Å². The van der Waals surface area contributed by atoms with Crippen molar-refractivity contribution in [2.75, 3.05) is 14.2 Å². The maximum absolute atomic E-state index is 5.37. The highest BCUT2D eigenvalue weighted by Gasteiger charge is 2.22. The number of hydrogen-bond donors (Lipinski definition) is 1. The fourth-order valence-electron chi connectivity index (χ4n) is 3.59. The highest BCUT2D eigenvalue weighted by Crippen LogP contribution is 2.34. The number of methoxy groups -OCH3 is 1. The van der Waals surface area contributed by atoms with Gasteiger partial charge >= 0.3 is 0 Å². The molecular weight excluding hydrogens is 246 g/mol. The molecule has 0 radical (unpaired) electrons. The Balaban J connectivity index is 2.15. The van der Waals surface area contributed by atoms with Crippen LogP contribution in [0.15, 0.2) is 18.2 Å². The third-order valence-corrected chi connectivity index (χ3v) is 4.71. The van der Waals surface area contributed by atoms with Crippen LogP contribution in [-0.4, -0.2) is 14.2 Å². The molecule has 0 heterocycles. The van der Waals surface area contributed by atoms with Crippen molar-refractivity contribution >= 4 is 0 Å². The number of benzene rings is 1. The molecule has 2 heteroatoms. The second-order valence-corrected chi connectivity index (χ2v) is 6.10. The maximum Gasteiger partial charge on any atom is 0.121 e.